The highest BCUT2D eigenvalue weighted by atomic mass is 16.3. The van der Waals surface area contributed by atoms with Crippen LogP contribution in [0.25, 0.3) is 0 Å². The molecule has 0 aromatic heterocycles. The Balaban J connectivity index is 4.70. The highest BCUT2D eigenvalue weighted by molar-refractivity contribution is 5.32. The van der Waals surface area contributed by atoms with E-state index in [0.29, 0.717) is 0 Å². The molecular formula is C40H56O2. The molecule has 42 heavy (non-hydrogen) atoms. The van der Waals surface area contributed by atoms with Gasteiger partial charge < -0.3 is 10.2 Å². The molecule has 0 unspecified atom stereocenters. The Morgan fingerprint density at radius 2 is 0.667 bits per heavy atom. The predicted octanol–water partition coefficient (Wildman–Crippen LogP) is 10.9. The lowest BCUT2D eigenvalue weighted by molar-refractivity contribution is 0.330. The van der Waals surface area contributed by atoms with Gasteiger partial charge >= 0.3 is 0 Å². The van der Waals surface area contributed by atoms with Gasteiger partial charge in [0.2, 0.25) is 0 Å². The van der Waals surface area contributed by atoms with Crippen molar-refractivity contribution in [3.8, 4) is 0 Å². The molecule has 0 radical (unpaired) electrons. The van der Waals surface area contributed by atoms with E-state index in [1.807, 2.05) is 13.8 Å². The summed E-state index contributed by atoms with van der Waals surface area (Å²) in [5.41, 5.74) is 9.49. The van der Waals surface area contributed by atoms with Gasteiger partial charge in [0.15, 0.2) is 0 Å². The quantitative estimate of drug-likeness (QED) is 0.127. The average molecular weight is 569 g/mol. The van der Waals surface area contributed by atoms with E-state index in [1.165, 1.54) is 33.4 Å². The van der Waals surface area contributed by atoms with Crippen molar-refractivity contribution in [2.45, 2.75) is 81.1 Å². The smallest absolute Gasteiger partial charge is 0.0639 e. The maximum Gasteiger partial charge on any atom is 0.0639 e. The van der Waals surface area contributed by atoms with Crippen LogP contribution in [0.1, 0.15) is 81.1 Å². The lowest BCUT2D eigenvalue weighted by Gasteiger charge is -1.98. The normalized spacial score (nSPS) is 16.1. The van der Waals surface area contributed by atoms with Gasteiger partial charge in [0.25, 0.3) is 0 Å². The second kappa shape index (κ2) is 25.3. The molecule has 0 aliphatic heterocycles. The minimum Gasteiger partial charge on any atom is -0.392 e. The van der Waals surface area contributed by atoms with Crippen molar-refractivity contribution in [1.29, 1.82) is 0 Å². The molecule has 0 bridgehead atoms. The SMILES string of the molecule is CC(/C=C\C=C(C)/C=C\C=C(/C)CC/C=C(\C)CO)=C/C=C\C=C(C)\C=C\C=C(C)/C=C/C=C(\C)CC/C=C(\C)CO. The monoisotopic (exact) mass is 568 g/mol. The molecule has 0 aliphatic carbocycles. The largest absolute Gasteiger partial charge is 0.392 e. The molecule has 2 nitrogen and oxygen atoms in total. The molecule has 2 heteroatoms. The van der Waals surface area contributed by atoms with E-state index in [4.69, 9.17) is 10.2 Å². The van der Waals surface area contributed by atoms with Gasteiger partial charge in [-0.05, 0) is 81.1 Å². The number of aliphatic hydroxyl groups excluding tert-OH is 2. The molecule has 0 rings (SSSR count). The third kappa shape index (κ3) is 24.3. The highest BCUT2D eigenvalue weighted by Gasteiger charge is 1.90. The summed E-state index contributed by atoms with van der Waals surface area (Å²) < 4.78 is 0. The Bertz CT molecular complexity index is 1100. The van der Waals surface area contributed by atoms with Crippen LogP contribution in [0, 0.1) is 0 Å². The molecule has 0 saturated heterocycles. The molecule has 2 N–H and O–H groups in total. The van der Waals surface area contributed by atoms with E-state index in [9.17, 15) is 0 Å². The Morgan fingerprint density at radius 3 is 0.976 bits per heavy atom. The van der Waals surface area contributed by atoms with E-state index in [-0.39, 0.29) is 13.2 Å². The summed E-state index contributed by atoms with van der Waals surface area (Å²) >= 11 is 0. The number of rotatable bonds is 18. The summed E-state index contributed by atoms with van der Waals surface area (Å²) in [5.74, 6) is 0. The fourth-order valence-corrected chi connectivity index (χ4v) is 3.46. The van der Waals surface area contributed by atoms with Crippen molar-refractivity contribution in [3.63, 3.8) is 0 Å². The van der Waals surface area contributed by atoms with Gasteiger partial charge in [-0.1, -0.05) is 154 Å². The van der Waals surface area contributed by atoms with Crippen molar-refractivity contribution in [2.75, 3.05) is 13.2 Å². The van der Waals surface area contributed by atoms with Gasteiger partial charge in [-0.25, -0.2) is 0 Å². The topological polar surface area (TPSA) is 40.5 Å². The summed E-state index contributed by atoms with van der Waals surface area (Å²) in [6.07, 6.45) is 41.9. The van der Waals surface area contributed by atoms with Crippen molar-refractivity contribution < 1.29 is 10.2 Å². The van der Waals surface area contributed by atoms with E-state index in [0.717, 1.165) is 36.8 Å². The number of hydrogen-bond donors (Lipinski definition) is 2. The molecule has 0 aliphatic rings. The zero-order chi connectivity index (χ0) is 31.6. The zero-order valence-corrected chi connectivity index (χ0v) is 27.5. The average Bonchev–Trinajstić information content (AvgIpc) is 2.95. The van der Waals surface area contributed by atoms with Crippen LogP contribution in [-0.4, -0.2) is 23.4 Å². The number of hydrogen-bond acceptors (Lipinski definition) is 2. The first-order valence-electron chi connectivity index (χ1n) is 15.0. The van der Waals surface area contributed by atoms with Crippen LogP contribution < -0.4 is 0 Å². The Kier molecular flexibility index (Phi) is 23.2. The minimum absolute atomic E-state index is 0.141. The molecule has 0 saturated carbocycles. The van der Waals surface area contributed by atoms with Crippen molar-refractivity contribution in [3.05, 3.63) is 154 Å². The second-order valence-electron chi connectivity index (χ2n) is 11.0. The van der Waals surface area contributed by atoms with Crippen LogP contribution >= 0.6 is 0 Å². The second-order valence-corrected chi connectivity index (χ2v) is 11.0. The van der Waals surface area contributed by atoms with Crippen LogP contribution in [0.2, 0.25) is 0 Å². The van der Waals surface area contributed by atoms with E-state index >= 15 is 0 Å². The zero-order valence-electron chi connectivity index (χ0n) is 27.5. The number of aliphatic hydroxyl groups is 2. The van der Waals surface area contributed by atoms with Crippen LogP contribution in [0.4, 0.5) is 0 Å². The van der Waals surface area contributed by atoms with Crippen LogP contribution in [0.15, 0.2) is 154 Å². The van der Waals surface area contributed by atoms with Gasteiger partial charge in [-0.2, -0.15) is 0 Å². The van der Waals surface area contributed by atoms with Crippen molar-refractivity contribution >= 4 is 0 Å². The Morgan fingerprint density at radius 1 is 0.381 bits per heavy atom. The lowest BCUT2D eigenvalue weighted by atomic mass is 10.1. The molecule has 0 heterocycles. The highest BCUT2D eigenvalue weighted by Crippen LogP contribution is 2.09. The van der Waals surface area contributed by atoms with Crippen molar-refractivity contribution in [2.24, 2.45) is 0 Å². The van der Waals surface area contributed by atoms with Gasteiger partial charge in [0, 0.05) is 0 Å². The van der Waals surface area contributed by atoms with Gasteiger partial charge in [-0.15, -0.1) is 0 Å². The van der Waals surface area contributed by atoms with Crippen LogP contribution in [-0.2, 0) is 0 Å². The fraction of sp³-hybridized carbons (Fsp3) is 0.350. The maximum absolute atomic E-state index is 9.05. The first-order valence-corrected chi connectivity index (χ1v) is 15.0. The fourth-order valence-electron chi connectivity index (χ4n) is 3.46. The summed E-state index contributed by atoms with van der Waals surface area (Å²) in [6.45, 7) is 16.9. The Hall–Kier alpha value is -3.46. The van der Waals surface area contributed by atoms with Crippen molar-refractivity contribution in [1.82, 2.24) is 0 Å². The summed E-state index contributed by atoms with van der Waals surface area (Å²) in [4.78, 5) is 0. The predicted molar refractivity (Wildman–Crippen MR) is 188 cm³/mol. The molecule has 0 fully saturated rings. The van der Waals surface area contributed by atoms with E-state index in [1.54, 1.807) is 0 Å². The first-order chi connectivity index (χ1) is 20.1. The molecule has 0 amide bonds. The summed E-state index contributed by atoms with van der Waals surface area (Å²) in [5, 5.41) is 18.1. The third-order valence-electron chi connectivity index (χ3n) is 6.31. The van der Waals surface area contributed by atoms with E-state index < -0.39 is 0 Å². The van der Waals surface area contributed by atoms with Crippen LogP contribution in [0.5, 0.6) is 0 Å². The van der Waals surface area contributed by atoms with Gasteiger partial charge in [0.05, 0.1) is 13.2 Å². The summed E-state index contributed by atoms with van der Waals surface area (Å²) in [6, 6.07) is 0. The lowest BCUT2D eigenvalue weighted by Crippen LogP contribution is -1.84. The third-order valence-corrected chi connectivity index (χ3v) is 6.31. The molecule has 0 aromatic rings. The maximum atomic E-state index is 9.05. The van der Waals surface area contributed by atoms with Gasteiger partial charge in [0.1, 0.15) is 0 Å². The molecule has 0 atom stereocenters. The number of allylic oxidation sites excluding steroid dienone is 24. The molecular weight excluding hydrogens is 512 g/mol. The Labute approximate surface area is 258 Å². The minimum atomic E-state index is 0.141. The van der Waals surface area contributed by atoms with Gasteiger partial charge in [-0.3, -0.25) is 0 Å². The van der Waals surface area contributed by atoms with Crippen LogP contribution in [0.3, 0.4) is 0 Å². The molecule has 0 aromatic carbocycles. The molecule has 0 spiro atoms. The molecule has 228 valence electrons. The van der Waals surface area contributed by atoms with E-state index in [2.05, 4.69) is 151 Å². The summed E-state index contributed by atoms with van der Waals surface area (Å²) in [7, 11) is 0. The standard InChI is InChI=1S/C40H56O2/c1-33(19-11-21-35(3)23-13-25-37(5)27-15-29-39(7)31-41)17-9-10-18-34(2)20-12-22-36(4)24-14-26-38(6)28-16-30-40(8)32-42/h9-14,17-26,29-30,41-42H,15-16,27-28,31-32H2,1-8H3/b10-9-,19-11-,20-12+,23-13-,24-14+,33-17-,34-18+,35-21-,36-22-,37-25+,38-26+,39-29+,40-30+. The first kappa shape index (κ1) is 38.5.